The highest BCUT2D eigenvalue weighted by molar-refractivity contribution is 6.15. The SMILES string of the molecule is Cc1cc(C)c2c(c1)C1(NC(CCC(=O)O)[C@H]3C(=O)N(Cc4ccc5c(c4)OCO5)C(=O)[C@H]31)C(=O)N2. The fourth-order valence-electron chi connectivity index (χ4n) is 6.22. The third-order valence-corrected chi connectivity index (χ3v) is 7.70. The molecule has 1 spiro atoms. The number of benzene rings is 2. The molecule has 6 rings (SSSR count). The lowest BCUT2D eigenvalue weighted by atomic mass is 9.75. The monoisotopic (exact) mass is 491 g/mol. The van der Waals surface area contributed by atoms with Crippen molar-refractivity contribution in [2.24, 2.45) is 11.8 Å². The number of likely N-dealkylation sites (tertiary alicyclic amines) is 1. The van der Waals surface area contributed by atoms with Crippen LogP contribution in [0.4, 0.5) is 5.69 Å². The molecule has 0 radical (unpaired) electrons. The quantitative estimate of drug-likeness (QED) is 0.540. The number of hydrogen-bond donors (Lipinski definition) is 3. The molecule has 0 aromatic heterocycles. The molecule has 36 heavy (non-hydrogen) atoms. The predicted molar refractivity (Wildman–Crippen MR) is 125 cm³/mol. The standard InChI is InChI=1S/C26H25N3O7/c1-12-7-13(2)22-15(8-12)26(25(34)27-22)21-20(16(28-26)4-6-19(30)31)23(32)29(24(21)33)10-14-3-5-17-18(9-14)36-11-35-17/h3,5,7-9,16,20-21,28H,4,6,10-11H2,1-2H3,(H,27,34)(H,30,31)/t16?,20-,21+,26?/m1/s1. The summed E-state index contributed by atoms with van der Waals surface area (Å²) in [5.74, 6) is -2.97. The van der Waals surface area contributed by atoms with E-state index >= 15 is 0 Å². The lowest BCUT2D eigenvalue weighted by Gasteiger charge is -2.30. The number of carboxylic acids is 1. The van der Waals surface area contributed by atoms with Gasteiger partial charge in [-0.15, -0.1) is 0 Å². The van der Waals surface area contributed by atoms with Crippen LogP contribution in [-0.4, -0.2) is 46.5 Å². The van der Waals surface area contributed by atoms with Crippen LogP contribution in [0.2, 0.25) is 0 Å². The number of aryl methyl sites for hydroxylation is 2. The Bertz CT molecular complexity index is 1360. The van der Waals surface area contributed by atoms with E-state index in [1.165, 1.54) is 4.90 Å². The van der Waals surface area contributed by atoms with Crippen molar-refractivity contribution < 1.29 is 33.8 Å². The number of amides is 3. The summed E-state index contributed by atoms with van der Waals surface area (Å²) in [6.45, 7) is 3.92. The average Bonchev–Trinajstić information content (AvgIpc) is 3.55. The van der Waals surface area contributed by atoms with Gasteiger partial charge in [0.05, 0.1) is 18.4 Å². The number of carboxylic acid groups (broad SMARTS) is 1. The first kappa shape index (κ1) is 22.5. The minimum absolute atomic E-state index is 0.0182. The molecule has 4 aliphatic heterocycles. The summed E-state index contributed by atoms with van der Waals surface area (Å²) < 4.78 is 10.8. The number of fused-ring (bicyclic) bond motifs is 5. The van der Waals surface area contributed by atoms with Gasteiger partial charge in [0.1, 0.15) is 5.54 Å². The highest BCUT2D eigenvalue weighted by Gasteiger charge is 2.70. The number of nitrogens with one attached hydrogen (secondary N) is 2. The van der Waals surface area contributed by atoms with Gasteiger partial charge in [0.15, 0.2) is 11.5 Å². The van der Waals surface area contributed by atoms with Crippen LogP contribution >= 0.6 is 0 Å². The Kier molecular flexibility index (Phi) is 4.88. The number of rotatable bonds is 5. The first-order valence-electron chi connectivity index (χ1n) is 11.9. The molecule has 3 N–H and O–H groups in total. The Morgan fingerprint density at radius 3 is 2.67 bits per heavy atom. The van der Waals surface area contributed by atoms with Crippen molar-refractivity contribution >= 4 is 29.4 Å². The summed E-state index contributed by atoms with van der Waals surface area (Å²) in [7, 11) is 0. The average molecular weight is 492 g/mol. The van der Waals surface area contributed by atoms with Crippen molar-refractivity contribution in [3.63, 3.8) is 0 Å². The molecule has 2 saturated heterocycles. The molecule has 0 saturated carbocycles. The van der Waals surface area contributed by atoms with Crippen molar-refractivity contribution in [3.05, 3.63) is 52.6 Å². The number of carbonyl (C=O) groups excluding carboxylic acids is 3. The van der Waals surface area contributed by atoms with Crippen LogP contribution in [0.5, 0.6) is 11.5 Å². The third-order valence-electron chi connectivity index (χ3n) is 7.70. The first-order valence-corrected chi connectivity index (χ1v) is 11.9. The van der Waals surface area contributed by atoms with E-state index in [-0.39, 0.29) is 26.2 Å². The van der Waals surface area contributed by atoms with Crippen molar-refractivity contribution in [1.82, 2.24) is 10.2 Å². The molecule has 0 aliphatic carbocycles. The van der Waals surface area contributed by atoms with E-state index in [9.17, 15) is 24.3 Å². The molecular formula is C26H25N3O7. The Labute approximate surface area is 206 Å². The van der Waals surface area contributed by atoms with Gasteiger partial charge in [-0.1, -0.05) is 23.8 Å². The van der Waals surface area contributed by atoms with Crippen LogP contribution in [0.1, 0.15) is 35.1 Å². The lowest BCUT2D eigenvalue weighted by Crippen LogP contribution is -2.53. The van der Waals surface area contributed by atoms with Crippen molar-refractivity contribution in [2.75, 3.05) is 12.1 Å². The Morgan fingerprint density at radius 1 is 1.11 bits per heavy atom. The maximum absolute atomic E-state index is 13.9. The first-order chi connectivity index (χ1) is 17.2. The molecule has 4 heterocycles. The molecule has 2 aromatic carbocycles. The molecular weight excluding hydrogens is 466 g/mol. The topological polar surface area (TPSA) is 134 Å². The molecule has 186 valence electrons. The van der Waals surface area contributed by atoms with Gasteiger partial charge in [0, 0.05) is 23.7 Å². The van der Waals surface area contributed by atoms with Gasteiger partial charge < -0.3 is 19.9 Å². The van der Waals surface area contributed by atoms with E-state index in [0.717, 1.165) is 11.1 Å². The Hall–Kier alpha value is -3.92. The van der Waals surface area contributed by atoms with Crippen LogP contribution in [0.25, 0.3) is 0 Å². The van der Waals surface area contributed by atoms with Gasteiger partial charge in [-0.05, 0) is 43.5 Å². The van der Waals surface area contributed by atoms with Gasteiger partial charge in [0.25, 0.3) is 0 Å². The van der Waals surface area contributed by atoms with Crippen LogP contribution in [0.15, 0.2) is 30.3 Å². The molecule has 10 nitrogen and oxygen atoms in total. The van der Waals surface area contributed by atoms with Crippen LogP contribution < -0.4 is 20.1 Å². The second kappa shape index (κ2) is 7.79. The summed E-state index contributed by atoms with van der Waals surface area (Å²) >= 11 is 0. The van der Waals surface area contributed by atoms with Gasteiger partial charge in [0.2, 0.25) is 24.5 Å². The summed E-state index contributed by atoms with van der Waals surface area (Å²) in [5.41, 5.74) is 2.28. The molecule has 2 unspecified atom stereocenters. The summed E-state index contributed by atoms with van der Waals surface area (Å²) in [6, 6.07) is 8.39. The lowest BCUT2D eigenvalue weighted by molar-refractivity contribution is -0.144. The molecule has 0 bridgehead atoms. The van der Waals surface area contributed by atoms with E-state index in [1.807, 2.05) is 26.0 Å². The van der Waals surface area contributed by atoms with Gasteiger partial charge in [-0.3, -0.25) is 29.4 Å². The van der Waals surface area contributed by atoms with E-state index < -0.39 is 47.1 Å². The number of hydrogen-bond acceptors (Lipinski definition) is 7. The zero-order valence-electron chi connectivity index (χ0n) is 19.8. The number of imide groups is 1. The highest BCUT2D eigenvalue weighted by atomic mass is 16.7. The molecule has 4 aliphatic rings. The van der Waals surface area contributed by atoms with Crippen molar-refractivity contribution in [3.8, 4) is 11.5 Å². The van der Waals surface area contributed by atoms with E-state index in [2.05, 4.69) is 10.6 Å². The maximum atomic E-state index is 13.9. The van der Waals surface area contributed by atoms with Gasteiger partial charge in [-0.25, -0.2) is 0 Å². The molecule has 10 heteroatoms. The second-order valence-corrected chi connectivity index (χ2v) is 9.90. The number of aliphatic carboxylic acids is 1. The highest BCUT2D eigenvalue weighted by Crippen LogP contribution is 2.54. The molecule has 4 atom stereocenters. The fourth-order valence-corrected chi connectivity index (χ4v) is 6.22. The summed E-state index contributed by atoms with van der Waals surface area (Å²) in [5, 5.41) is 15.5. The van der Waals surface area contributed by atoms with E-state index in [4.69, 9.17) is 9.47 Å². The Morgan fingerprint density at radius 2 is 1.89 bits per heavy atom. The normalized spacial score (nSPS) is 27.6. The number of nitrogens with zero attached hydrogens (tertiary/aromatic N) is 1. The molecule has 2 fully saturated rings. The van der Waals surface area contributed by atoms with Crippen LogP contribution in [-0.2, 0) is 31.3 Å². The third kappa shape index (κ3) is 3.07. The largest absolute Gasteiger partial charge is 0.481 e. The number of ether oxygens (including phenoxy) is 2. The maximum Gasteiger partial charge on any atom is 0.303 e. The molecule has 2 aromatic rings. The fraction of sp³-hybridized carbons (Fsp3) is 0.385. The second-order valence-electron chi connectivity index (χ2n) is 9.90. The molecule has 3 amide bonds. The number of anilines is 1. The smallest absolute Gasteiger partial charge is 0.303 e. The van der Waals surface area contributed by atoms with Crippen molar-refractivity contribution in [2.45, 2.75) is 44.8 Å². The summed E-state index contributed by atoms with van der Waals surface area (Å²) in [4.78, 5) is 53.8. The van der Waals surface area contributed by atoms with Gasteiger partial charge >= 0.3 is 5.97 Å². The van der Waals surface area contributed by atoms with Crippen molar-refractivity contribution in [1.29, 1.82) is 0 Å². The van der Waals surface area contributed by atoms with E-state index in [1.54, 1.807) is 18.2 Å². The zero-order valence-corrected chi connectivity index (χ0v) is 19.8. The van der Waals surface area contributed by atoms with E-state index in [0.29, 0.717) is 28.3 Å². The van der Waals surface area contributed by atoms with Crippen LogP contribution in [0, 0.1) is 25.7 Å². The Balaban J connectivity index is 1.42. The predicted octanol–water partition coefficient (Wildman–Crippen LogP) is 1.82. The zero-order chi connectivity index (χ0) is 25.4. The minimum Gasteiger partial charge on any atom is -0.481 e. The van der Waals surface area contributed by atoms with Crippen LogP contribution in [0.3, 0.4) is 0 Å². The minimum atomic E-state index is -1.45. The van der Waals surface area contributed by atoms with Gasteiger partial charge in [-0.2, -0.15) is 0 Å². The summed E-state index contributed by atoms with van der Waals surface area (Å²) in [6.07, 6.45) is -0.0789. The number of carbonyl (C=O) groups is 4.